The van der Waals surface area contributed by atoms with Crippen LogP contribution in [-0.4, -0.2) is 30.8 Å². The molecule has 0 unspecified atom stereocenters. The molecule has 0 aliphatic carbocycles. The van der Waals surface area contributed by atoms with Crippen molar-refractivity contribution in [3.63, 3.8) is 0 Å². The van der Waals surface area contributed by atoms with Crippen LogP contribution in [0.3, 0.4) is 0 Å². The molecular weight excluding hydrogens is 434 g/mol. The average molecular weight is 456 g/mol. The van der Waals surface area contributed by atoms with Gasteiger partial charge in [0.15, 0.2) is 0 Å². The summed E-state index contributed by atoms with van der Waals surface area (Å²) in [4.78, 5) is 37.4. The number of hydrogen-bond acceptors (Lipinski definition) is 3. The van der Waals surface area contributed by atoms with Gasteiger partial charge in [-0.3, -0.25) is 14.4 Å². The Morgan fingerprint density at radius 2 is 1.79 bits per heavy atom. The summed E-state index contributed by atoms with van der Waals surface area (Å²) in [6.45, 7) is 1.01. The Morgan fingerprint density at radius 3 is 2.45 bits per heavy atom. The first-order chi connectivity index (χ1) is 14.0. The van der Waals surface area contributed by atoms with Gasteiger partial charge >= 0.3 is 0 Å². The number of nitrogens with zero attached hydrogens (tertiary/aromatic N) is 1. The second kappa shape index (κ2) is 10.0. The Bertz CT molecular complexity index is 908. The highest BCUT2D eigenvalue weighted by Crippen LogP contribution is 2.21. The van der Waals surface area contributed by atoms with Crippen LogP contribution in [0.15, 0.2) is 59.1 Å². The summed E-state index contributed by atoms with van der Waals surface area (Å²) in [6.07, 6.45) is 4.81. The van der Waals surface area contributed by atoms with E-state index in [4.69, 9.17) is 0 Å². The molecule has 6 nitrogen and oxygen atoms in total. The Labute approximate surface area is 178 Å². The summed E-state index contributed by atoms with van der Waals surface area (Å²) < 4.78 is 0.939. The number of carbonyl (C=O) groups excluding carboxylic acids is 3. The first kappa shape index (κ1) is 20.8. The van der Waals surface area contributed by atoms with E-state index < -0.39 is 0 Å². The molecule has 1 saturated heterocycles. The number of carbonyl (C=O) groups is 3. The Kier molecular flexibility index (Phi) is 7.19. The quantitative estimate of drug-likeness (QED) is 0.624. The summed E-state index contributed by atoms with van der Waals surface area (Å²) >= 11 is 3.34. The van der Waals surface area contributed by atoms with Crippen LogP contribution in [0.4, 0.5) is 11.4 Å². The molecule has 0 aromatic heterocycles. The lowest BCUT2D eigenvalue weighted by Crippen LogP contribution is -2.26. The lowest BCUT2D eigenvalue weighted by atomic mass is 10.2. The van der Waals surface area contributed by atoms with Crippen molar-refractivity contribution in [3.05, 3.63) is 64.6 Å². The molecule has 0 saturated carbocycles. The fourth-order valence-electron chi connectivity index (χ4n) is 2.97. The zero-order chi connectivity index (χ0) is 20.6. The SMILES string of the molecule is O=C(/C=C/c1ccc(N2CCCC2=O)cc1)NCCC(=O)Nc1ccc(Br)cc1. The normalized spacial score (nSPS) is 13.7. The van der Waals surface area contributed by atoms with E-state index in [2.05, 4.69) is 26.6 Å². The second-order valence-corrected chi connectivity index (χ2v) is 7.59. The molecule has 2 aromatic rings. The van der Waals surface area contributed by atoms with Gasteiger partial charge in [-0.25, -0.2) is 0 Å². The van der Waals surface area contributed by atoms with Gasteiger partial charge in [0.2, 0.25) is 17.7 Å². The van der Waals surface area contributed by atoms with Gasteiger partial charge in [-0.05, 0) is 54.5 Å². The maximum Gasteiger partial charge on any atom is 0.244 e. The first-order valence-corrected chi connectivity index (χ1v) is 10.2. The second-order valence-electron chi connectivity index (χ2n) is 6.67. The van der Waals surface area contributed by atoms with E-state index in [0.29, 0.717) is 12.1 Å². The Balaban J connectivity index is 1.40. The van der Waals surface area contributed by atoms with Crippen molar-refractivity contribution in [1.29, 1.82) is 0 Å². The van der Waals surface area contributed by atoms with Gasteiger partial charge in [0.1, 0.15) is 0 Å². The first-order valence-electron chi connectivity index (χ1n) is 9.43. The lowest BCUT2D eigenvalue weighted by molar-refractivity contribution is -0.118. The molecule has 0 bridgehead atoms. The number of halogens is 1. The van der Waals surface area contributed by atoms with Crippen LogP contribution in [0.5, 0.6) is 0 Å². The van der Waals surface area contributed by atoms with Gasteiger partial charge in [0.05, 0.1) is 0 Å². The summed E-state index contributed by atoms with van der Waals surface area (Å²) in [5, 5.41) is 5.47. The van der Waals surface area contributed by atoms with Crippen LogP contribution >= 0.6 is 15.9 Å². The standard InChI is InChI=1S/C22H22BrN3O3/c23-17-6-8-18(9-7-17)25-21(28)13-14-24-20(27)12-5-16-3-10-19(11-4-16)26-15-1-2-22(26)29/h3-12H,1-2,13-15H2,(H,24,27)(H,25,28)/b12-5+. The van der Waals surface area contributed by atoms with Crippen molar-refractivity contribution in [2.75, 3.05) is 23.3 Å². The van der Waals surface area contributed by atoms with Crippen molar-refractivity contribution in [1.82, 2.24) is 5.32 Å². The predicted octanol–water partition coefficient (Wildman–Crippen LogP) is 3.73. The summed E-state index contributed by atoms with van der Waals surface area (Å²) in [5.74, 6) is -0.277. The molecule has 1 heterocycles. The van der Waals surface area contributed by atoms with E-state index in [9.17, 15) is 14.4 Å². The zero-order valence-electron chi connectivity index (χ0n) is 15.9. The Morgan fingerprint density at radius 1 is 1.07 bits per heavy atom. The van der Waals surface area contributed by atoms with Gasteiger partial charge < -0.3 is 15.5 Å². The number of rotatable bonds is 7. The van der Waals surface area contributed by atoms with E-state index in [0.717, 1.165) is 28.7 Å². The minimum atomic E-state index is -0.264. The van der Waals surface area contributed by atoms with E-state index >= 15 is 0 Å². The summed E-state index contributed by atoms with van der Waals surface area (Å²) in [5.41, 5.74) is 2.46. The van der Waals surface area contributed by atoms with Crippen LogP contribution in [0.25, 0.3) is 6.08 Å². The van der Waals surface area contributed by atoms with Crippen molar-refractivity contribution in [3.8, 4) is 0 Å². The monoisotopic (exact) mass is 455 g/mol. The average Bonchev–Trinajstić information content (AvgIpc) is 3.14. The molecule has 0 atom stereocenters. The van der Waals surface area contributed by atoms with Gasteiger partial charge in [-0.2, -0.15) is 0 Å². The third kappa shape index (κ3) is 6.29. The molecule has 29 heavy (non-hydrogen) atoms. The molecule has 150 valence electrons. The van der Waals surface area contributed by atoms with Gasteiger partial charge in [-0.1, -0.05) is 28.1 Å². The number of anilines is 2. The van der Waals surface area contributed by atoms with E-state index in [-0.39, 0.29) is 30.7 Å². The molecule has 3 amide bonds. The van der Waals surface area contributed by atoms with Crippen molar-refractivity contribution in [2.45, 2.75) is 19.3 Å². The minimum absolute atomic E-state index is 0.150. The number of benzene rings is 2. The Hall–Kier alpha value is -2.93. The molecule has 2 N–H and O–H groups in total. The maximum absolute atomic E-state index is 11.9. The molecule has 1 aliphatic heterocycles. The third-order valence-electron chi connectivity index (χ3n) is 4.48. The highest BCUT2D eigenvalue weighted by Gasteiger charge is 2.21. The number of hydrogen-bond donors (Lipinski definition) is 2. The molecule has 3 rings (SSSR count). The molecule has 2 aromatic carbocycles. The topological polar surface area (TPSA) is 78.5 Å². The largest absolute Gasteiger partial charge is 0.352 e. The van der Waals surface area contributed by atoms with Crippen LogP contribution in [-0.2, 0) is 14.4 Å². The number of nitrogens with one attached hydrogen (secondary N) is 2. The van der Waals surface area contributed by atoms with Gasteiger partial charge in [-0.15, -0.1) is 0 Å². The van der Waals surface area contributed by atoms with E-state index in [1.54, 1.807) is 23.1 Å². The summed E-state index contributed by atoms with van der Waals surface area (Å²) in [7, 11) is 0. The molecule has 0 spiro atoms. The highest BCUT2D eigenvalue weighted by atomic mass is 79.9. The molecule has 7 heteroatoms. The molecular formula is C22H22BrN3O3. The smallest absolute Gasteiger partial charge is 0.244 e. The van der Waals surface area contributed by atoms with Gasteiger partial charge in [0, 0.05) is 47.9 Å². The third-order valence-corrected chi connectivity index (χ3v) is 5.01. The minimum Gasteiger partial charge on any atom is -0.352 e. The maximum atomic E-state index is 11.9. The fourth-order valence-corrected chi connectivity index (χ4v) is 3.24. The summed E-state index contributed by atoms with van der Waals surface area (Å²) in [6, 6.07) is 14.8. The predicted molar refractivity (Wildman–Crippen MR) is 117 cm³/mol. The van der Waals surface area contributed by atoms with Crippen molar-refractivity contribution >= 4 is 51.1 Å². The molecule has 0 radical (unpaired) electrons. The van der Waals surface area contributed by atoms with E-state index in [1.165, 1.54) is 6.08 Å². The zero-order valence-corrected chi connectivity index (χ0v) is 17.4. The number of amides is 3. The van der Waals surface area contributed by atoms with Crippen LogP contribution < -0.4 is 15.5 Å². The van der Waals surface area contributed by atoms with Crippen molar-refractivity contribution < 1.29 is 14.4 Å². The van der Waals surface area contributed by atoms with Crippen LogP contribution in [0.2, 0.25) is 0 Å². The lowest BCUT2D eigenvalue weighted by Gasteiger charge is -2.15. The fraction of sp³-hybridized carbons (Fsp3) is 0.227. The van der Waals surface area contributed by atoms with Crippen LogP contribution in [0.1, 0.15) is 24.8 Å². The van der Waals surface area contributed by atoms with Crippen molar-refractivity contribution in [2.24, 2.45) is 0 Å². The van der Waals surface area contributed by atoms with Crippen LogP contribution in [0, 0.1) is 0 Å². The molecule has 1 fully saturated rings. The highest BCUT2D eigenvalue weighted by molar-refractivity contribution is 9.10. The van der Waals surface area contributed by atoms with E-state index in [1.807, 2.05) is 36.4 Å². The molecule has 1 aliphatic rings. The van der Waals surface area contributed by atoms with Gasteiger partial charge in [0.25, 0.3) is 0 Å².